The molecule has 0 aliphatic carbocycles. The molecule has 0 radical (unpaired) electrons. The molecule has 0 fully saturated rings. The molecule has 0 heterocycles. The van der Waals surface area contributed by atoms with E-state index in [1.807, 2.05) is 32.9 Å². The number of rotatable bonds is 1. The number of carbonyl (C=O) groups excluding carboxylic acids is 1. The lowest BCUT2D eigenvalue weighted by Gasteiger charge is -1.96. The molecular weight excluding hydrogens is 272 g/mol. The van der Waals surface area contributed by atoms with Crippen molar-refractivity contribution in [2.75, 3.05) is 0 Å². The van der Waals surface area contributed by atoms with Gasteiger partial charge in [-0.2, -0.15) is 0 Å². The monoisotopic (exact) mass is 292 g/mol. The number of phenolic OH excluding ortho intramolecular Hbond substituents is 1. The van der Waals surface area contributed by atoms with E-state index in [0.29, 0.717) is 5.56 Å². The maximum Gasteiger partial charge on any atom is 0.150 e. The van der Waals surface area contributed by atoms with Crippen molar-refractivity contribution in [3.8, 4) is 5.75 Å². The highest BCUT2D eigenvalue weighted by Crippen LogP contribution is 2.15. The van der Waals surface area contributed by atoms with E-state index >= 15 is 0 Å². The number of carbonyl (C=O) groups is 1. The third-order valence-electron chi connectivity index (χ3n) is 2.34. The van der Waals surface area contributed by atoms with E-state index in [4.69, 9.17) is 16.7 Å². The molecular formula is C17H21ClO2. The summed E-state index contributed by atoms with van der Waals surface area (Å²) in [5.41, 5.74) is 2.99. The van der Waals surface area contributed by atoms with Gasteiger partial charge in [0, 0.05) is 10.6 Å². The normalized spacial score (nSPS) is 8.65. The summed E-state index contributed by atoms with van der Waals surface area (Å²) in [7, 11) is 0. The van der Waals surface area contributed by atoms with Gasteiger partial charge >= 0.3 is 0 Å². The molecule has 0 spiro atoms. The van der Waals surface area contributed by atoms with Crippen LogP contribution in [0.4, 0.5) is 0 Å². The van der Waals surface area contributed by atoms with Crippen LogP contribution in [0.5, 0.6) is 5.75 Å². The van der Waals surface area contributed by atoms with Crippen molar-refractivity contribution >= 4 is 17.9 Å². The van der Waals surface area contributed by atoms with Crippen molar-refractivity contribution in [1.82, 2.24) is 0 Å². The van der Waals surface area contributed by atoms with E-state index < -0.39 is 0 Å². The number of benzene rings is 2. The van der Waals surface area contributed by atoms with Crippen LogP contribution in [0.15, 0.2) is 42.5 Å². The van der Waals surface area contributed by atoms with Gasteiger partial charge in [-0.25, -0.2) is 0 Å². The van der Waals surface area contributed by atoms with Crippen LogP contribution in [0.1, 0.15) is 35.3 Å². The Morgan fingerprint density at radius 1 is 1.00 bits per heavy atom. The lowest BCUT2D eigenvalue weighted by atomic mass is 10.2. The molecule has 1 N–H and O–H groups in total. The molecule has 0 atom stereocenters. The number of aldehydes is 1. The largest absolute Gasteiger partial charge is 0.508 e. The Morgan fingerprint density at radius 2 is 1.55 bits per heavy atom. The molecule has 0 saturated heterocycles. The Bertz CT molecular complexity index is 519. The average molecular weight is 293 g/mol. The molecule has 2 nitrogen and oxygen atoms in total. The zero-order valence-electron chi connectivity index (χ0n) is 12.4. The van der Waals surface area contributed by atoms with Gasteiger partial charge in [-0.15, -0.1) is 0 Å². The molecule has 0 bridgehead atoms. The van der Waals surface area contributed by atoms with Crippen LogP contribution in [-0.4, -0.2) is 11.4 Å². The third kappa shape index (κ3) is 6.95. The van der Waals surface area contributed by atoms with E-state index in [2.05, 4.69) is 13.0 Å². The Labute approximate surface area is 126 Å². The minimum atomic E-state index is 0.181. The van der Waals surface area contributed by atoms with Gasteiger partial charge in [-0.05, 0) is 49.7 Å². The Hall–Kier alpha value is -1.80. The molecule has 0 aliphatic rings. The van der Waals surface area contributed by atoms with Crippen LogP contribution >= 0.6 is 11.6 Å². The molecule has 0 saturated carbocycles. The second-order valence-electron chi connectivity index (χ2n) is 3.96. The number of hydrogen-bond acceptors (Lipinski definition) is 2. The SMILES string of the molecule is CC.Cc1ccc(Cl)c(C)c1.O=Cc1ccc(O)cc1. The van der Waals surface area contributed by atoms with Crippen molar-refractivity contribution in [1.29, 1.82) is 0 Å². The molecule has 108 valence electrons. The fraction of sp³-hybridized carbons (Fsp3) is 0.235. The van der Waals surface area contributed by atoms with Gasteiger partial charge in [0.15, 0.2) is 0 Å². The van der Waals surface area contributed by atoms with E-state index in [1.54, 1.807) is 12.1 Å². The predicted octanol–water partition coefficient (Wildman–Crippen LogP) is 5.19. The highest BCUT2D eigenvalue weighted by atomic mass is 35.5. The van der Waals surface area contributed by atoms with Crippen molar-refractivity contribution in [2.24, 2.45) is 0 Å². The zero-order chi connectivity index (χ0) is 15.5. The highest BCUT2D eigenvalue weighted by Gasteiger charge is 1.91. The van der Waals surface area contributed by atoms with Gasteiger partial charge in [-0.1, -0.05) is 43.1 Å². The Balaban J connectivity index is 0.000000321. The topological polar surface area (TPSA) is 37.3 Å². The number of hydrogen-bond donors (Lipinski definition) is 1. The van der Waals surface area contributed by atoms with E-state index in [-0.39, 0.29) is 5.75 Å². The summed E-state index contributed by atoms with van der Waals surface area (Å²) in [5.74, 6) is 0.181. The number of aromatic hydroxyl groups is 1. The van der Waals surface area contributed by atoms with Crippen molar-refractivity contribution in [3.63, 3.8) is 0 Å². The summed E-state index contributed by atoms with van der Waals surface area (Å²) in [6.07, 6.45) is 0.736. The fourth-order valence-corrected chi connectivity index (χ4v) is 1.47. The summed E-state index contributed by atoms with van der Waals surface area (Å²) in [4.78, 5) is 10.0. The number of aryl methyl sites for hydroxylation is 2. The maximum absolute atomic E-state index is 10.0. The molecule has 2 aromatic rings. The van der Waals surface area contributed by atoms with Gasteiger partial charge in [-0.3, -0.25) is 4.79 Å². The van der Waals surface area contributed by atoms with E-state index in [9.17, 15) is 4.79 Å². The second kappa shape index (κ2) is 10.0. The van der Waals surface area contributed by atoms with Crippen LogP contribution in [-0.2, 0) is 0 Å². The Kier molecular flexibility index (Phi) is 9.14. The van der Waals surface area contributed by atoms with Crippen molar-refractivity contribution in [3.05, 3.63) is 64.2 Å². The average Bonchev–Trinajstić information content (AvgIpc) is 2.47. The van der Waals surface area contributed by atoms with E-state index in [0.717, 1.165) is 16.9 Å². The lowest BCUT2D eigenvalue weighted by Crippen LogP contribution is -1.75. The van der Waals surface area contributed by atoms with Crippen LogP contribution in [0.25, 0.3) is 0 Å². The molecule has 3 heteroatoms. The van der Waals surface area contributed by atoms with Gasteiger partial charge in [0.1, 0.15) is 12.0 Å². The summed E-state index contributed by atoms with van der Waals surface area (Å²) in [6.45, 7) is 8.07. The smallest absolute Gasteiger partial charge is 0.150 e. The number of halogens is 1. The highest BCUT2D eigenvalue weighted by molar-refractivity contribution is 6.31. The first-order chi connectivity index (χ1) is 9.52. The lowest BCUT2D eigenvalue weighted by molar-refractivity contribution is 0.112. The first-order valence-corrected chi connectivity index (χ1v) is 6.87. The van der Waals surface area contributed by atoms with Crippen LogP contribution in [0.3, 0.4) is 0 Å². The second-order valence-corrected chi connectivity index (χ2v) is 4.37. The van der Waals surface area contributed by atoms with Gasteiger partial charge < -0.3 is 5.11 Å². The molecule has 0 unspecified atom stereocenters. The first-order valence-electron chi connectivity index (χ1n) is 6.50. The van der Waals surface area contributed by atoms with Crippen LogP contribution < -0.4 is 0 Å². The van der Waals surface area contributed by atoms with Crippen molar-refractivity contribution in [2.45, 2.75) is 27.7 Å². The third-order valence-corrected chi connectivity index (χ3v) is 2.77. The van der Waals surface area contributed by atoms with E-state index in [1.165, 1.54) is 17.7 Å². The zero-order valence-corrected chi connectivity index (χ0v) is 13.1. The van der Waals surface area contributed by atoms with Crippen LogP contribution in [0.2, 0.25) is 5.02 Å². The molecule has 0 aromatic heterocycles. The van der Waals surface area contributed by atoms with Crippen LogP contribution in [0, 0.1) is 13.8 Å². The molecule has 0 amide bonds. The minimum absolute atomic E-state index is 0.181. The molecule has 2 rings (SSSR count). The number of phenols is 1. The summed E-state index contributed by atoms with van der Waals surface area (Å²) in [6, 6.07) is 12.1. The minimum Gasteiger partial charge on any atom is -0.508 e. The Morgan fingerprint density at radius 3 is 1.95 bits per heavy atom. The quantitative estimate of drug-likeness (QED) is 0.735. The molecule has 20 heavy (non-hydrogen) atoms. The summed E-state index contributed by atoms with van der Waals surface area (Å²) < 4.78 is 0. The fourth-order valence-electron chi connectivity index (χ4n) is 1.35. The summed E-state index contributed by atoms with van der Waals surface area (Å²) in [5, 5.41) is 9.58. The van der Waals surface area contributed by atoms with Gasteiger partial charge in [0.2, 0.25) is 0 Å². The summed E-state index contributed by atoms with van der Waals surface area (Å²) >= 11 is 5.78. The predicted molar refractivity (Wildman–Crippen MR) is 85.8 cm³/mol. The van der Waals surface area contributed by atoms with Gasteiger partial charge in [0.25, 0.3) is 0 Å². The molecule has 2 aromatic carbocycles. The molecule has 0 aliphatic heterocycles. The van der Waals surface area contributed by atoms with Gasteiger partial charge in [0.05, 0.1) is 0 Å². The van der Waals surface area contributed by atoms with Crippen molar-refractivity contribution < 1.29 is 9.90 Å². The first kappa shape index (κ1) is 18.2. The standard InChI is InChI=1S/C8H9Cl.C7H6O2.C2H6/c1-6-3-4-8(9)7(2)5-6;8-5-6-1-3-7(9)4-2-6;1-2/h3-5H,1-2H3;1-5,9H;1-2H3. The maximum atomic E-state index is 10.0.